The van der Waals surface area contributed by atoms with E-state index in [0.717, 1.165) is 0 Å². The average molecular weight is 162 g/mol. The number of methoxy groups -OCH3 is 1. The fourth-order valence-corrected chi connectivity index (χ4v) is 0.892. The molecule has 0 aliphatic rings. The zero-order chi connectivity index (χ0) is 7.98. The van der Waals surface area contributed by atoms with Crippen molar-refractivity contribution in [2.24, 2.45) is 0 Å². The van der Waals surface area contributed by atoms with E-state index < -0.39 is 12.1 Å². The van der Waals surface area contributed by atoms with Gasteiger partial charge in [-0.05, 0) is 0 Å². The molecule has 0 N–H and O–H groups in total. The standard InChI is InChI=1S/C5H10O4Si/c1-8-5(7)4(9-10)2-3-6/h3-4H,2H2,1,10H3. The molecule has 0 aliphatic heterocycles. The molecule has 1 unspecified atom stereocenters. The highest BCUT2D eigenvalue weighted by atomic mass is 28.2. The molecule has 0 heterocycles. The fourth-order valence-electron chi connectivity index (χ4n) is 0.508. The van der Waals surface area contributed by atoms with Gasteiger partial charge >= 0.3 is 5.97 Å². The highest BCUT2D eigenvalue weighted by Gasteiger charge is 2.15. The SMILES string of the molecule is COC(=O)C(CC=O)O[SiH3]. The summed E-state index contributed by atoms with van der Waals surface area (Å²) in [7, 11) is 1.69. The molecule has 0 aromatic rings. The normalized spacial score (nSPS) is 12.5. The molecule has 0 rings (SSSR count). The van der Waals surface area contributed by atoms with E-state index in [2.05, 4.69) is 4.74 Å². The Kier molecular flexibility index (Phi) is 4.78. The van der Waals surface area contributed by atoms with Crippen molar-refractivity contribution in [1.82, 2.24) is 0 Å². The van der Waals surface area contributed by atoms with E-state index >= 15 is 0 Å². The monoisotopic (exact) mass is 162 g/mol. The molecule has 0 fully saturated rings. The number of ether oxygens (including phenoxy) is 1. The van der Waals surface area contributed by atoms with Gasteiger partial charge in [-0.3, -0.25) is 0 Å². The summed E-state index contributed by atoms with van der Waals surface area (Å²) < 4.78 is 9.13. The van der Waals surface area contributed by atoms with Gasteiger partial charge in [-0.15, -0.1) is 0 Å². The predicted molar refractivity (Wildman–Crippen MR) is 37.5 cm³/mol. The molecule has 0 saturated carbocycles. The molecule has 0 amide bonds. The molecule has 0 saturated heterocycles. The van der Waals surface area contributed by atoms with E-state index in [-0.39, 0.29) is 6.42 Å². The topological polar surface area (TPSA) is 52.6 Å². The van der Waals surface area contributed by atoms with Crippen molar-refractivity contribution in [3.05, 3.63) is 0 Å². The van der Waals surface area contributed by atoms with E-state index in [1.54, 1.807) is 0 Å². The van der Waals surface area contributed by atoms with Crippen LogP contribution in [0.1, 0.15) is 6.42 Å². The Bertz CT molecular complexity index is 125. The van der Waals surface area contributed by atoms with Crippen LogP contribution in [0.15, 0.2) is 0 Å². The van der Waals surface area contributed by atoms with Crippen LogP contribution < -0.4 is 0 Å². The van der Waals surface area contributed by atoms with Gasteiger partial charge in [-0.25, -0.2) is 4.79 Å². The van der Waals surface area contributed by atoms with Crippen LogP contribution in [-0.2, 0) is 18.8 Å². The first-order valence-corrected chi connectivity index (χ1v) is 3.62. The first-order chi connectivity index (χ1) is 4.76. The van der Waals surface area contributed by atoms with Crippen LogP contribution in [-0.4, -0.2) is 36.0 Å². The third kappa shape index (κ3) is 2.74. The summed E-state index contributed by atoms with van der Waals surface area (Å²) in [6, 6.07) is 0. The van der Waals surface area contributed by atoms with E-state index in [0.29, 0.717) is 16.8 Å². The lowest BCUT2D eigenvalue weighted by Crippen LogP contribution is -2.24. The first-order valence-electron chi connectivity index (χ1n) is 2.80. The Balaban J connectivity index is 3.79. The summed E-state index contributed by atoms with van der Waals surface area (Å²) in [5.41, 5.74) is 0. The molecular weight excluding hydrogens is 152 g/mol. The van der Waals surface area contributed by atoms with Crippen molar-refractivity contribution in [1.29, 1.82) is 0 Å². The second kappa shape index (κ2) is 5.13. The fraction of sp³-hybridized carbons (Fsp3) is 0.600. The maximum absolute atomic E-state index is 10.6. The highest BCUT2D eigenvalue weighted by molar-refractivity contribution is 5.99. The minimum atomic E-state index is -0.686. The minimum Gasteiger partial charge on any atom is -0.467 e. The Morgan fingerprint density at radius 1 is 1.80 bits per heavy atom. The smallest absolute Gasteiger partial charge is 0.334 e. The van der Waals surface area contributed by atoms with Crippen LogP contribution in [0.2, 0.25) is 0 Å². The largest absolute Gasteiger partial charge is 0.467 e. The van der Waals surface area contributed by atoms with Gasteiger partial charge in [0.2, 0.25) is 0 Å². The minimum absolute atomic E-state index is 0.0795. The molecule has 0 bridgehead atoms. The molecule has 0 aliphatic carbocycles. The van der Waals surface area contributed by atoms with Gasteiger partial charge in [-0.2, -0.15) is 0 Å². The van der Waals surface area contributed by atoms with Crippen LogP contribution in [0.25, 0.3) is 0 Å². The molecule has 5 heteroatoms. The third-order valence-corrected chi connectivity index (χ3v) is 1.63. The quantitative estimate of drug-likeness (QED) is 0.284. The second-order valence-electron chi connectivity index (χ2n) is 1.65. The number of carbonyl (C=O) groups is 2. The van der Waals surface area contributed by atoms with Crippen LogP contribution >= 0.6 is 0 Å². The number of hydrogen-bond acceptors (Lipinski definition) is 4. The Morgan fingerprint density at radius 2 is 2.40 bits per heavy atom. The van der Waals surface area contributed by atoms with Gasteiger partial charge in [0.15, 0.2) is 0 Å². The zero-order valence-electron chi connectivity index (χ0n) is 5.99. The Labute approximate surface area is 62.0 Å². The highest BCUT2D eigenvalue weighted by Crippen LogP contribution is 1.95. The summed E-state index contributed by atoms with van der Waals surface area (Å²) in [6.07, 6.45) is 0.0320. The Morgan fingerprint density at radius 3 is 2.70 bits per heavy atom. The number of carbonyl (C=O) groups excluding carboxylic acids is 2. The van der Waals surface area contributed by atoms with Crippen LogP contribution in [0.5, 0.6) is 0 Å². The number of aldehydes is 1. The number of rotatable bonds is 4. The predicted octanol–water partition coefficient (Wildman–Crippen LogP) is -1.59. The third-order valence-electron chi connectivity index (χ3n) is 1.06. The molecule has 1 atom stereocenters. The molecule has 10 heavy (non-hydrogen) atoms. The lowest BCUT2D eigenvalue weighted by Gasteiger charge is -2.08. The first kappa shape index (κ1) is 9.32. The average Bonchev–Trinajstić information content (AvgIpc) is 1.99. The van der Waals surface area contributed by atoms with E-state index in [9.17, 15) is 9.59 Å². The lowest BCUT2D eigenvalue weighted by molar-refractivity contribution is -0.149. The van der Waals surface area contributed by atoms with Crippen molar-refractivity contribution in [2.45, 2.75) is 12.5 Å². The summed E-state index contributed by atoms with van der Waals surface area (Å²) in [5, 5.41) is 0. The molecule has 0 aromatic carbocycles. The van der Waals surface area contributed by atoms with E-state index in [4.69, 9.17) is 4.43 Å². The van der Waals surface area contributed by atoms with Gasteiger partial charge in [0.25, 0.3) is 0 Å². The van der Waals surface area contributed by atoms with Gasteiger partial charge < -0.3 is 14.0 Å². The van der Waals surface area contributed by atoms with Crippen molar-refractivity contribution < 1.29 is 18.8 Å². The van der Waals surface area contributed by atoms with Crippen molar-refractivity contribution in [3.8, 4) is 0 Å². The van der Waals surface area contributed by atoms with Crippen molar-refractivity contribution in [3.63, 3.8) is 0 Å². The summed E-state index contributed by atoms with van der Waals surface area (Å²) >= 11 is 0. The summed E-state index contributed by atoms with van der Waals surface area (Å²) in [6.45, 7) is 0. The molecule has 4 nitrogen and oxygen atoms in total. The lowest BCUT2D eigenvalue weighted by atomic mass is 10.3. The summed E-state index contributed by atoms with van der Waals surface area (Å²) in [5.74, 6) is -0.484. The van der Waals surface area contributed by atoms with Gasteiger partial charge in [-0.1, -0.05) is 0 Å². The Hall–Kier alpha value is -0.683. The molecular formula is C5H10O4Si. The van der Waals surface area contributed by atoms with E-state index in [1.807, 2.05) is 0 Å². The van der Waals surface area contributed by atoms with Crippen LogP contribution in [0.4, 0.5) is 0 Å². The summed E-state index contributed by atoms with van der Waals surface area (Å²) in [4.78, 5) is 20.6. The van der Waals surface area contributed by atoms with Crippen molar-refractivity contribution in [2.75, 3.05) is 7.11 Å². The van der Waals surface area contributed by atoms with Crippen LogP contribution in [0, 0.1) is 0 Å². The second-order valence-corrected chi connectivity index (χ2v) is 2.12. The van der Waals surface area contributed by atoms with Gasteiger partial charge in [0, 0.05) is 6.42 Å². The number of esters is 1. The van der Waals surface area contributed by atoms with Crippen molar-refractivity contribution >= 4 is 22.7 Å². The molecule has 0 aromatic heterocycles. The maximum Gasteiger partial charge on any atom is 0.334 e. The van der Waals surface area contributed by atoms with E-state index in [1.165, 1.54) is 7.11 Å². The maximum atomic E-state index is 10.6. The molecule has 58 valence electrons. The molecule has 0 radical (unpaired) electrons. The molecule has 0 spiro atoms. The zero-order valence-corrected chi connectivity index (χ0v) is 7.99. The number of hydrogen-bond donors (Lipinski definition) is 0. The van der Waals surface area contributed by atoms with Gasteiger partial charge in [0.05, 0.1) is 7.11 Å². The van der Waals surface area contributed by atoms with Gasteiger partial charge in [0.1, 0.15) is 22.9 Å². The van der Waals surface area contributed by atoms with Crippen LogP contribution in [0.3, 0.4) is 0 Å².